The standard InChI is InChI=1S/C12H24N2O2/c1-3-14(4-2)9-6-8-13-12(15)11-7-5-10-16-11/h11H,3-10H2,1-2H3,(H,13,15). The molecular formula is C12H24N2O2. The van der Waals surface area contributed by atoms with Crippen molar-refractivity contribution in [2.45, 2.75) is 39.2 Å². The van der Waals surface area contributed by atoms with Gasteiger partial charge in [-0.1, -0.05) is 13.8 Å². The van der Waals surface area contributed by atoms with Crippen molar-refractivity contribution in [3.8, 4) is 0 Å². The monoisotopic (exact) mass is 228 g/mol. The van der Waals surface area contributed by atoms with Gasteiger partial charge in [-0.15, -0.1) is 0 Å². The second-order valence-electron chi connectivity index (χ2n) is 4.17. The quantitative estimate of drug-likeness (QED) is 0.661. The first-order valence-corrected chi connectivity index (χ1v) is 6.39. The molecule has 1 unspecified atom stereocenters. The van der Waals surface area contributed by atoms with Gasteiger partial charge in [-0.2, -0.15) is 0 Å². The molecule has 16 heavy (non-hydrogen) atoms. The summed E-state index contributed by atoms with van der Waals surface area (Å²) in [6.07, 6.45) is 2.72. The molecule has 0 aliphatic carbocycles. The summed E-state index contributed by atoms with van der Waals surface area (Å²) in [5.74, 6) is 0.0667. The van der Waals surface area contributed by atoms with E-state index < -0.39 is 0 Å². The minimum absolute atomic E-state index is 0.0667. The molecule has 1 aliphatic heterocycles. The van der Waals surface area contributed by atoms with Crippen LogP contribution in [0, 0.1) is 0 Å². The average molecular weight is 228 g/mol. The number of hydrogen-bond donors (Lipinski definition) is 1. The Labute approximate surface area is 98.3 Å². The molecule has 0 aromatic heterocycles. The molecule has 1 amide bonds. The van der Waals surface area contributed by atoms with Crippen molar-refractivity contribution in [1.29, 1.82) is 0 Å². The SMILES string of the molecule is CCN(CC)CCCNC(=O)C1CCCO1. The third-order valence-electron chi connectivity index (χ3n) is 3.07. The Hall–Kier alpha value is -0.610. The third-order valence-corrected chi connectivity index (χ3v) is 3.07. The molecule has 1 rings (SSSR count). The van der Waals surface area contributed by atoms with Crippen molar-refractivity contribution in [3.63, 3.8) is 0 Å². The van der Waals surface area contributed by atoms with E-state index in [0.717, 1.165) is 52.0 Å². The van der Waals surface area contributed by atoms with Crippen molar-refractivity contribution in [2.24, 2.45) is 0 Å². The van der Waals surface area contributed by atoms with Gasteiger partial charge in [0, 0.05) is 13.2 Å². The number of rotatable bonds is 7. The lowest BCUT2D eigenvalue weighted by Gasteiger charge is -2.18. The summed E-state index contributed by atoms with van der Waals surface area (Å²) >= 11 is 0. The fourth-order valence-corrected chi connectivity index (χ4v) is 1.95. The number of ether oxygens (including phenoxy) is 1. The van der Waals surface area contributed by atoms with E-state index in [1.807, 2.05) is 0 Å². The van der Waals surface area contributed by atoms with Gasteiger partial charge in [-0.05, 0) is 38.9 Å². The lowest BCUT2D eigenvalue weighted by atomic mass is 10.2. The van der Waals surface area contributed by atoms with Gasteiger partial charge in [0.1, 0.15) is 6.10 Å². The van der Waals surface area contributed by atoms with Crippen LogP contribution in [0.2, 0.25) is 0 Å². The van der Waals surface area contributed by atoms with Crippen LogP contribution in [0.4, 0.5) is 0 Å². The Morgan fingerprint density at radius 3 is 2.75 bits per heavy atom. The van der Waals surface area contributed by atoms with Crippen molar-refractivity contribution in [2.75, 3.05) is 32.8 Å². The second-order valence-corrected chi connectivity index (χ2v) is 4.17. The van der Waals surface area contributed by atoms with Gasteiger partial charge in [0.05, 0.1) is 0 Å². The molecular weight excluding hydrogens is 204 g/mol. The minimum Gasteiger partial charge on any atom is -0.368 e. The zero-order valence-corrected chi connectivity index (χ0v) is 10.5. The van der Waals surface area contributed by atoms with E-state index in [0.29, 0.717) is 0 Å². The van der Waals surface area contributed by atoms with Gasteiger partial charge in [0.2, 0.25) is 5.91 Å². The van der Waals surface area contributed by atoms with E-state index >= 15 is 0 Å². The van der Waals surface area contributed by atoms with Gasteiger partial charge in [0.25, 0.3) is 0 Å². The molecule has 1 N–H and O–H groups in total. The van der Waals surface area contributed by atoms with Gasteiger partial charge < -0.3 is 15.0 Å². The van der Waals surface area contributed by atoms with Gasteiger partial charge in [0.15, 0.2) is 0 Å². The Morgan fingerprint density at radius 1 is 1.44 bits per heavy atom. The summed E-state index contributed by atoms with van der Waals surface area (Å²) in [5.41, 5.74) is 0. The van der Waals surface area contributed by atoms with Crippen LogP contribution in [-0.2, 0) is 9.53 Å². The molecule has 0 aromatic rings. The highest BCUT2D eigenvalue weighted by molar-refractivity contribution is 5.80. The first-order chi connectivity index (χ1) is 7.77. The third kappa shape index (κ3) is 4.49. The molecule has 0 bridgehead atoms. The van der Waals surface area contributed by atoms with Crippen LogP contribution in [0.1, 0.15) is 33.1 Å². The molecule has 94 valence electrons. The van der Waals surface area contributed by atoms with E-state index in [9.17, 15) is 4.79 Å². The summed E-state index contributed by atoms with van der Waals surface area (Å²) in [5, 5.41) is 2.94. The van der Waals surface area contributed by atoms with E-state index in [2.05, 4.69) is 24.1 Å². The molecule has 0 radical (unpaired) electrons. The molecule has 1 atom stereocenters. The van der Waals surface area contributed by atoms with Crippen LogP contribution in [0.15, 0.2) is 0 Å². The predicted octanol–water partition coefficient (Wildman–Crippen LogP) is 1.01. The molecule has 1 fully saturated rings. The van der Waals surface area contributed by atoms with Crippen molar-refractivity contribution < 1.29 is 9.53 Å². The molecule has 0 spiro atoms. The number of amides is 1. The smallest absolute Gasteiger partial charge is 0.249 e. The predicted molar refractivity (Wildman–Crippen MR) is 64.4 cm³/mol. The van der Waals surface area contributed by atoms with Crippen LogP contribution in [0.3, 0.4) is 0 Å². The number of carbonyl (C=O) groups is 1. The first-order valence-electron chi connectivity index (χ1n) is 6.39. The van der Waals surface area contributed by atoms with Crippen LogP contribution >= 0.6 is 0 Å². The van der Waals surface area contributed by atoms with E-state index in [1.54, 1.807) is 0 Å². The highest BCUT2D eigenvalue weighted by atomic mass is 16.5. The second kappa shape index (κ2) is 7.63. The largest absolute Gasteiger partial charge is 0.368 e. The lowest BCUT2D eigenvalue weighted by molar-refractivity contribution is -0.130. The number of carbonyl (C=O) groups excluding carboxylic acids is 1. The van der Waals surface area contributed by atoms with Gasteiger partial charge in [-0.3, -0.25) is 4.79 Å². The summed E-state index contributed by atoms with van der Waals surface area (Å²) < 4.78 is 5.31. The Morgan fingerprint density at radius 2 is 2.19 bits per heavy atom. The average Bonchev–Trinajstić information content (AvgIpc) is 2.82. The molecule has 1 heterocycles. The molecule has 0 saturated carbocycles. The maximum atomic E-state index is 11.6. The van der Waals surface area contributed by atoms with Crippen molar-refractivity contribution in [3.05, 3.63) is 0 Å². The zero-order chi connectivity index (χ0) is 11.8. The zero-order valence-electron chi connectivity index (χ0n) is 10.5. The molecule has 4 heteroatoms. The topological polar surface area (TPSA) is 41.6 Å². The Kier molecular flexibility index (Phi) is 6.42. The van der Waals surface area contributed by atoms with Gasteiger partial charge in [-0.25, -0.2) is 0 Å². The highest BCUT2D eigenvalue weighted by Crippen LogP contribution is 2.11. The Balaban J connectivity index is 2.03. The number of nitrogens with zero attached hydrogens (tertiary/aromatic N) is 1. The minimum atomic E-state index is -0.187. The summed E-state index contributed by atoms with van der Waals surface area (Å²) in [7, 11) is 0. The van der Waals surface area contributed by atoms with E-state index in [-0.39, 0.29) is 12.0 Å². The van der Waals surface area contributed by atoms with Crippen molar-refractivity contribution >= 4 is 5.91 Å². The highest BCUT2D eigenvalue weighted by Gasteiger charge is 2.22. The maximum Gasteiger partial charge on any atom is 0.249 e. The lowest BCUT2D eigenvalue weighted by Crippen LogP contribution is -2.36. The van der Waals surface area contributed by atoms with Crippen LogP contribution in [-0.4, -0.2) is 49.7 Å². The molecule has 4 nitrogen and oxygen atoms in total. The maximum absolute atomic E-state index is 11.6. The number of hydrogen-bond acceptors (Lipinski definition) is 3. The van der Waals surface area contributed by atoms with E-state index in [4.69, 9.17) is 4.74 Å². The van der Waals surface area contributed by atoms with Crippen LogP contribution in [0.5, 0.6) is 0 Å². The fraction of sp³-hybridized carbons (Fsp3) is 0.917. The summed E-state index contributed by atoms with van der Waals surface area (Å²) in [4.78, 5) is 13.9. The fourth-order valence-electron chi connectivity index (χ4n) is 1.95. The normalized spacial score (nSPS) is 20.3. The van der Waals surface area contributed by atoms with E-state index in [1.165, 1.54) is 0 Å². The summed E-state index contributed by atoms with van der Waals surface area (Å²) in [6, 6.07) is 0. The van der Waals surface area contributed by atoms with Gasteiger partial charge >= 0.3 is 0 Å². The molecule has 0 aromatic carbocycles. The molecule has 1 saturated heterocycles. The van der Waals surface area contributed by atoms with Crippen LogP contribution in [0.25, 0.3) is 0 Å². The Bertz CT molecular complexity index is 199. The van der Waals surface area contributed by atoms with Crippen LogP contribution < -0.4 is 5.32 Å². The molecule has 1 aliphatic rings. The summed E-state index contributed by atoms with van der Waals surface area (Å²) in [6.45, 7) is 9.03. The number of nitrogens with one attached hydrogen (secondary N) is 1. The first kappa shape index (κ1) is 13.5. The van der Waals surface area contributed by atoms with Crippen molar-refractivity contribution in [1.82, 2.24) is 10.2 Å².